The molecule has 0 radical (unpaired) electrons. The van der Waals surface area contributed by atoms with Gasteiger partial charge in [0.25, 0.3) is 0 Å². The van der Waals surface area contributed by atoms with Gasteiger partial charge in [-0.1, -0.05) is 22.0 Å². The monoisotopic (exact) mass is 381 g/mol. The molecule has 0 spiro atoms. The second kappa shape index (κ2) is 6.12. The lowest BCUT2D eigenvalue weighted by atomic mass is 10.3. The van der Waals surface area contributed by atoms with E-state index in [2.05, 4.69) is 43.8 Å². The number of halogens is 2. The van der Waals surface area contributed by atoms with Crippen LogP contribution in [0.5, 0.6) is 0 Å². The van der Waals surface area contributed by atoms with E-state index in [1.165, 1.54) is 0 Å². The minimum atomic E-state index is -0.930. The number of carboxylic acids is 1. The molecule has 15 heavy (non-hydrogen) atoms. The molecule has 1 aromatic rings. The highest BCUT2D eigenvalue weighted by Gasteiger charge is 1.98. The molecule has 2 N–H and O–H groups in total. The standard InChI is InChI=1S/C10H9BrINO2/c11-7-3-4-8(12)9(6-7)13-5-1-2-10(14)15/h1-4,6,13H,5H2,(H,14,15)/b2-1+. The first-order chi connectivity index (χ1) is 7.09. The topological polar surface area (TPSA) is 49.3 Å². The summed E-state index contributed by atoms with van der Waals surface area (Å²) in [6.07, 6.45) is 2.69. The summed E-state index contributed by atoms with van der Waals surface area (Å²) in [6, 6.07) is 5.89. The highest BCUT2D eigenvalue weighted by Crippen LogP contribution is 2.22. The van der Waals surface area contributed by atoms with Crippen LogP contribution in [-0.2, 0) is 4.79 Å². The summed E-state index contributed by atoms with van der Waals surface area (Å²) < 4.78 is 2.09. The van der Waals surface area contributed by atoms with Crippen molar-refractivity contribution in [3.8, 4) is 0 Å². The van der Waals surface area contributed by atoms with Crippen molar-refractivity contribution in [2.75, 3.05) is 11.9 Å². The number of benzene rings is 1. The molecular formula is C10H9BrINO2. The number of nitrogens with one attached hydrogen (secondary N) is 1. The van der Waals surface area contributed by atoms with Crippen molar-refractivity contribution in [1.29, 1.82) is 0 Å². The van der Waals surface area contributed by atoms with Crippen LogP contribution in [0.2, 0.25) is 0 Å². The van der Waals surface area contributed by atoms with E-state index in [1.54, 1.807) is 6.08 Å². The van der Waals surface area contributed by atoms with Crippen LogP contribution < -0.4 is 5.32 Å². The smallest absolute Gasteiger partial charge is 0.328 e. The summed E-state index contributed by atoms with van der Waals surface area (Å²) in [6.45, 7) is 0.499. The van der Waals surface area contributed by atoms with Crippen molar-refractivity contribution in [3.63, 3.8) is 0 Å². The summed E-state index contributed by atoms with van der Waals surface area (Å²) in [5, 5.41) is 11.5. The maximum Gasteiger partial charge on any atom is 0.328 e. The molecule has 80 valence electrons. The van der Waals surface area contributed by atoms with Crippen molar-refractivity contribution in [2.24, 2.45) is 0 Å². The van der Waals surface area contributed by atoms with Gasteiger partial charge in [-0.25, -0.2) is 4.79 Å². The van der Waals surface area contributed by atoms with Crippen molar-refractivity contribution >= 4 is 50.2 Å². The first kappa shape index (κ1) is 12.5. The van der Waals surface area contributed by atoms with Crippen LogP contribution in [0.1, 0.15) is 0 Å². The van der Waals surface area contributed by atoms with Gasteiger partial charge >= 0.3 is 5.97 Å². The number of hydrogen-bond donors (Lipinski definition) is 2. The maximum atomic E-state index is 10.2. The number of anilines is 1. The second-order valence-electron chi connectivity index (χ2n) is 2.75. The lowest BCUT2D eigenvalue weighted by molar-refractivity contribution is -0.131. The fourth-order valence-corrected chi connectivity index (χ4v) is 1.85. The van der Waals surface area contributed by atoms with E-state index in [4.69, 9.17) is 5.11 Å². The SMILES string of the molecule is O=C(O)/C=C/CNc1cc(Br)ccc1I. The molecule has 0 saturated heterocycles. The first-order valence-electron chi connectivity index (χ1n) is 4.18. The van der Waals surface area contributed by atoms with Crippen molar-refractivity contribution in [3.05, 3.63) is 38.4 Å². The summed E-state index contributed by atoms with van der Waals surface area (Å²) in [7, 11) is 0. The molecule has 0 bridgehead atoms. The third-order valence-corrected chi connectivity index (χ3v) is 3.03. The molecular weight excluding hydrogens is 373 g/mol. The Morgan fingerprint density at radius 3 is 3.00 bits per heavy atom. The van der Waals surface area contributed by atoms with E-state index in [0.29, 0.717) is 6.54 Å². The van der Waals surface area contributed by atoms with Gasteiger partial charge in [0, 0.05) is 26.4 Å². The Balaban J connectivity index is 2.57. The van der Waals surface area contributed by atoms with Crippen LogP contribution in [0.15, 0.2) is 34.8 Å². The fourth-order valence-electron chi connectivity index (χ4n) is 0.962. The Morgan fingerprint density at radius 2 is 2.33 bits per heavy atom. The highest BCUT2D eigenvalue weighted by molar-refractivity contribution is 14.1. The predicted molar refractivity (Wildman–Crippen MR) is 72.1 cm³/mol. The van der Waals surface area contributed by atoms with E-state index in [0.717, 1.165) is 19.8 Å². The van der Waals surface area contributed by atoms with E-state index in [9.17, 15) is 4.79 Å². The summed E-state index contributed by atoms with van der Waals surface area (Å²) in [4.78, 5) is 10.2. The van der Waals surface area contributed by atoms with E-state index < -0.39 is 5.97 Å². The molecule has 0 heterocycles. The van der Waals surface area contributed by atoms with Gasteiger partial charge in [-0.2, -0.15) is 0 Å². The summed E-state index contributed by atoms with van der Waals surface area (Å²) in [5.41, 5.74) is 0.986. The van der Waals surface area contributed by atoms with Crippen LogP contribution >= 0.6 is 38.5 Å². The van der Waals surface area contributed by atoms with Gasteiger partial charge in [0.2, 0.25) is 0 Å². The average Bonchev–Trinajstić information content (AvgIpc) is 2.17. The molecule has 0 fully saturated rings. The first-order valence-corrected chi connectivity index (χ1v) is 6.05. The van der Waals surface area contributed by atoms with Gasteiger partial charge < -0.3 is 10.4 Å². The highest BCUT2D eigenvalue weighted by atomic mass is 127. The fraction of sp³-hybridized carbons (Fsp3) is 0.100. The molecule has 0 saturated carbocycles. The van der Waals surface area contributed by atoms with Crippen molar-refractivity contribution in [1.82, 2.24) is 0 Å². The Kier molecular flexibility index (Phi) is 5.10. The molecule has 0 unspecified atom stereocenters. The normalized spacial score (nSPS) is 10.5. The molecule has 0 aliphatic rings. The molecule has 1 rings (SSSR count). The second-order valence-corrected chi connectivity index (χ2v) is 4.82. The minimum absolute atomic E-state index is 0.499. The van der Waals surface area contributed by atoms with Gasteiger partial charge in [0.1, 0.15) is 0 Å². The van der Waals surface area contributed by atoms with Gasteiger partial charge in [0.15, 0.2) is 0 Å². The Bertz CT molecular complexity index is 393. The number of carbonyl (C=O) groups is 1. The summed E-state index contributed by atoms with van der Waals surface area (Å²) >= 11 is 5.59. The van der Waals surface area contributed by atoms with E-state index in [1.807, 2.05) is 18.2 Å². The Hall–Kier alpha value is -0.560. The number of rotatable bonds is 4. The van der Waals surface area contributed by atoms with Gasteiger partial charge in [-0.05, 0) is 40.8 Å². The van der Waals surface area contributed by atoms with Crippen molar-refractivity contribution in [2.45, 2.75) is 0 Å². The molecule has 0 aromatic heterocycles. The lowest BCUT2D eigenvalue weighted by Crippen LogP contribution is -2.01. The van der Waals surface area contributed by atoms with Gasteiger partial charge in [-0.15, -0.1) is 0 Å². The molecule has 0 amide bonds. The average molecular weight is 382 g/mol. The van der Waals surface area contributed by atoms with Crippen LogP contribution in [0.4, 0.5) is 5.69 Å². The molecule has 3 nitrogen and oxygen atoms in total. The quantitative estimate of drug-likeness (QED) is 0.622. The van der Waals surface area contributed by atoms with E-state index in [-0.39, 0.29) is 0 Å². The number of hydrogen-bond acceptors (Lipinski definition) is 2. The Morgan fingerprint density at radius 1 is 1.60 bits per heavy atom. The van der Waals surface area contributed by atoms with E-state index >= 15 is 0 Å². The summed E-state index contributed by atoms with van der Waals surface area (Å²) in [5.74, 6) is -0.930. The van der Waals surface area contributed by atoms with Crippen LogP contribution in [0.3, 0.4) is 0 Å². The number of carboxylic acid groups (broad SMARTS) is 1. The molecule has 0 atom stereocenters. The molecule has 0 aliphatic heterocycles. The van der Waals surface area contributed by atoms with Crippen LogP contribution in [-0.4, -0.2) is 17.6 Å². The third kappa shape index (κ3) is 4.65. The zero-order valence-corrected chi connectivity index (χ0v) is 11.4. The third-order valence-electron chi connectivity index (χ3n) is 1.60. The van der Waals surface area contributed by atoms with Crippen molar-refractivity contribution < 1.29 is 9.90 Å². The zero-order valence-electron chi connectivity index (χ0n) is 7.71. The van der Waals surface area contributed by atoms with Crippen LogP contribution in [0.25, 0.3) is 0 Å². The van der Waals surface area contributed by atoms with Crippen LogP contribution in [0, 0.1) is 3.57 Å². The Labute approximate surface area is 110 Å². The molecule has 1 aromatic carbocycles. The largest absolute Gasteiger partial charge is 0.478 e. The predicted octanol–water partition coefficient (Wildman–Crippen LogP) is 3.11. The molecule has 5 heteroatoms. The van der Waals surface area contributed by atoms with Gasteiger partial charge in [0.05, 0.1) is 0 Å². The minimum Gasteiger partial charge on any atom is -0.478 e. The maximum absolute atomic E-state index is 10.2. The zero-order chi connectivity index (χ0) is 11.3. The number of aliphatic carboxylic acids is 1. The molecule has 0 aliphatic carbocycles. The van der Waals surface area contributed by atoms with Gasteiger partial charge in [-0.3, -0.25) is 0 Å². The lowest BCUT2D eigenvalue weighted by Gasteiger charge is -2.06.